The summed E-state index contributed by atoms with van der Waals surface area (Å²) in [6.07, 6.45) is 6.62. The van der Waals surface area contributed by atoms with Crippen molar-refractivity contribution in [2.75, 3.05) is 19.5 Å². The third-order valence-corrected chi connectivity index (χ3v) is 5.48. The molecule has 8 nitrogen and oxygen atoms in total. The zero-order valence-corrected chi connectivity index (χ0v) is 19.6. The van der Waals surface area contributed by atoms with Crippen LogP contribution in [0.2, 0.25) is 0 Å². The van der Waals surface area contributed by atoms with E-state index < -0.39 is 12.2 Å². The lowest BCUT2D eigenvalue weighted by Gasteiger charge is -2.17. The van der Waals surface area contributed by atoms with Gasteiger partial charge in [0.1, 0.15) is 17.6 Å². The largest absolute Gasteiger partial charge is 0.493 e. The van der Waals surface area contributed by atoms with Crippen LogP contribution in [0.15, 0.2) is 72.5 Å². The number of fused-ring (bicyclic) bond motifs is 1. The Hall–Kier alpha value is -4.51. The van der Waals surface area contributed by atoms with Crippen LogP contribution in [0.4, 0.5) is 10.5 Å². The van der Waals surface area contributed by atoms with E-state index in [-0.39, 0.29) is 0 Å². The van der Waals surface area contributed by atoms with Crippen LogP contribution >= 0.6 is 0 Å². The lowest BCUT2D eigenvalue weighted by atomic mass is 9.95. The molecule has 0 radical (unpaired) electrons. The first-order valence-corrected chi connectivity index (χ1v) is 11.0. The predicted molar refractivity (Wildman–Crippen MR) is 132 cm³/mol. The lowest BCUT2D eigenvalue weighted by Crippen LogP contribution is -2.23. The summed E-state index contributed by atoms with van der Waals surface area (Å²) in [7, 11) is 3.14. The minimum Gasteiger partial charge on any atom is -0.493 e. The number of anilines is 1. The lowest BCUT2D eigenvalue weighted by molar-refractivity contribution is 0.151. The molecule has 178 valence electrons. The van der Waals surface area contributed by atoms with Gasteiger partial charge >= 0.3 is 6.09 Å². The molecule has 1 aliphatic carbocycles. The van der Waals surface area contributed by atoms with Crippen LogP contribution in [0.1, 0.15) is 13.3 Å². The molecule has 1 aromatic heterocycles. The van der Waals surface area contributed by atoms with Crippen LogP contribution in [0.5, 0.6) is 23.0 Å². The molecule has 0 spiro atoms. The van der Waals surface area contributed by atoms with E-state index in [0.717, 1.165) is 11.8 Å². The van der Waals surface area contributed by atoms with Crippen molar-refractivity contribution in [1.29, 1.82) is 5.26 Å². The van der Waals surface area contributed by atoms with E-state index in [1.807, 2.05) is 37.3 Å². The molecule has 0 fully saturated rings. The van der Waals surface area contributed by atoms with Gasteiger partial charge < -0.3 is 18.9 Å². The molecule has 4 rings (SSSR count). The van der Waals surface area contributed by atoms with Gasteiger partial charge in [-0.25, -0.2) is 4.79 Å². The number of nitriles is 1. The molecule has 1 aliphatic rings. The molecular weight excluding hydrogens is 446 g/mol. The fraction of sp³-hybridized carbons (Fsp3) is 0.222. The standard InChI is InChI=1S/C27H25N3O5/c1-17-5-4-6-18(13-17)26(16-28)35-27(31)30-19-7-9-20(10-8-19)34-23-11-12-29-22-15-25(33-3)24(32-2)14-21(22)23/h4,6-15,17,26H,5H2,1-3H3,(H,30,31). The van der Waals surface area contributed by atoms with Gasteiger partial charge in [0.05, 0.1) is 19.7 Å². The third-order valence-electron chi connectivity index (χ3n) is 5.48. The molecule has 2 atom stereocenters. The van der Waals surface area contributed by atoms with Crippen LogP contribution in [-0.4, -0.2) is 31.4 Å². The highest BCUT2D eigenvalue weighted by atomic mass is 16.6. The van der Waals surface area contributed by atoms with Crippen molar-refractivity contribution in [3.05, 3.63) is 72.5 Å². The number of carbonyl (C=O) groups excluding carboxylic acids is 1. The summed E-state index contributed by atoms with van der Waals surface area (Å²) in [6.45, 7) is 2.05. The fourth-order valence-electron chi connectivity index (χ4n) is 3.74. The topological polar surface area (TPSA) is 103 Å². The van der Waals surface area contributed by atoms with Gasteiger partial charge in [0, 0.05) is 28.9 Å². The molecular formula is C27H25N3O5. The van der Waals surface area contributed by atoms with Gasteiger partial charge in [-0.3, -0.25) is 10.3 Å². The Morgan fingerprint density at radius 2 is 1.86 bits per heavy atom. The van der Waals surface area contributed by atoms with Gasteiger partial charge in [-0.2, -0.15) is 5.26 Å². The van der Waals surface area contributed by atoms with Crippen molar-refractivity contribution in [3.63, 3.8) is 0 Å². The maximum Gasteiger partial charge on any atom is 0.413 e. The van der Waals surface area contributed by atoms with Crippen molar-refractivity contribution >= 4 is 22.7 Å². The number of pyridine rings is 1. The summed E-state index contributed by atoms with van der Waals surface area (Å²) >= 11 is 0. The van der Waals surface area contributed by atoms with E-state index >= 15 is 0 Å². The number of rotatable bonds is 7. The molecule has 0 saturated carbocycles. The zero-order chi connectivity index (χ0) is 24.8. The monoisotopic (exact) mass is 471 g/mol. The van der Waals surface area contributed by atoms with Crippen molar-refractivity contribution < 1.29 is 23.7 Å². The number of methoxy groups -OCH3 is 2. The molecule has 35 heavy (non-hydrogen) atoms. The maximum absolute atomic E-state index is 12.3. The smallest absolute Gasteiger partial charge is 0.413 e. The van der Waals surface area contributed by atoms with Crippen LogP contribution < -0.4 is 19.5 Å². The van der Waals surface area contributed by atoms with Crippen LogP contribution in [-0.2, 0) is 4.74 Å². The number of carbonyl (C=O) groups is 1. The molecule has 0 aliphatic heterocycles. The highest BCUT2D eigenvalue weighted by molar-refractivity contribution is 5.88. The number of nitrogens with one attached hydrogen (secondary N) is 1. The van der Waals surface area contributed by atoms with Gasteiger partial charge in [0.15, 0.2) is 11.5 Å². The van der Waals surface area contributed by atoms with Gasteiger partial charge in [0.25, 0.3) is 0 Å². The van der Waals surface area contributed by atoms with E-state index in [4.69, 9.17) is 18.9 Å². The minimum atomic E-state index is -0.966. The summed E-state index contributed by atoms with van der Waals surface area (Å²) in [5.41, 5.74) is 1.89. The van der Waals surface area contributed by atoms with Crippen molar-refractivity contribution in [2.24, 2.45) is 5.92 Å². The second-order valence-electron chi connectivity index (χ2n) is 7.98. The molecule has 1 amide bonds. The molecule has 1 N–H and O–H groups in total. The highest BCUT2D eigenvalue weighted by Gasteiger charge is 2.19. The number of benzene rings is 2. The Labute approximate surface area is 203 Å². The first-order chi connectivity index (χ1) is 17.0. The van der Waals surface area contributed by atoms with Crippen molar-refractivity contribution in [2.45, 2.75) is 19.4 Å². The number of ether oxygens (including phenoxy) is 4. The molecule has 2 aromatic carbocycles. The maximum atomic E-state index is 12.3. The Bertz CT molecular complexity index is 1330. The molecule has 3 aromatic rings. The van der Waals surface area contributed by atoms with Gasteiger partial charge in [-0.1, -0.05) is 25.2 Å². The number of aromatic nitrogens is 1. The van der Waals surface area contributed by atoms with Crippen LogP contribution in [0.25, 0.3) is 10.9 Å². The first kappa shape index (κ1) is 23.6. The van der Waals surface area contributed by atoms with E-state index in [9.17, 15) is 10.1 Å². The third kappa shape index (κ3) is 5.53. The Morgan fingerprint density at radius 3 is 2.54 bits per heavy atom. The molecule has 0 saturated heterocycles. The molecule has 1 heterocycles. The second-order valence-corrected chi connectivity index (χ2v) is 7.98. The SMILES string of the molecule is COc1cc2nccc(Oc3ccc(NC(=O)OC(C#N)C4=CC(C)CC=C4)cc3)c2cc1OC. The summed E-state index contributed by atoms with van der Waals surface area (Å²) in [4.78, 5) is 16.7. The molecule has 0 bridgehead atoms. The van der Waals surface area contributed by atoms with Gasteiger partial charge in [0.2, 0.25) is 6.10 Å². The summed E-state index contributed by atoms with van der Waals surface area (Å²) in [6, 6.07) is 14.2. The highest BCUT2D eigenvalue weighted by Crippen LogP contribution is 2.37. The van der Waals surface area contributed by atoms with Crippen molar-refractivity contribution in [3.8, 4) is 29.1 Å². The van der Waals surface area contributed by atoms with E-state index in [1.165, 1.54) is 0 Å². The molecule has 2 unspecified atom stereocenters. The molecule has 8 heteroatoms. The van der Waals surface area contributed by atoms with Crippen LogP contribution in [0.3, 0.4) is 0 Å². The number of hydrogen-bond donors (Lipinski definition) is 1. The number of nitrogens with zero attached hydrogens (tertiary/aromatic N) is 2. The normalized spacial score (nSPS) is 15.5. The van der Waals surface area contributed by atoms with Crippen LogP contribution in [0, 0.1) is 17.2 Å². The van der Waals surface area contributed by atoms with Crippen molar-refractivity contribution in [1.82, 2.24) is 4.98 Å². The van der Waals surface area contributed by atoms with E-state index in [0.29, 0.717) is 45.7 Å². The fourth-order valence-corrected chi connectivity index (χ4v) is 3.74. The number of allylic oxidation sites excluding steroid dienone is 2. The average Bonchev–Trinajstić information content (AvgIpc) is 2.87. The number of hydrogen-bond acceptors (Lipinski definition) is 7. The van der Waals surface area contributed by atoms with E-state index in [1.54, 1.807) is 56.8 Å². The Morgan fingerprint density at radius 1 is 1.11 bits per heavy atom. The minimum absolute atomic E-state index is 0.297. The van der Waals surface area contributed by atoms with E-state index in [2.05, 4.69) is 10.3 Å². The first-order valence-electron chi connectivity index (χ1n) is 11.0. The quantitative estimate of drug-likeness (QED) is 0.450. The predicted octanol–water partition coefficient (Wildman–Crippen LogP) is 6.01. The number of amides is 1. The Balaban J connectivity index is 1.44. The zero-order valence-electron chi connectivity index (χ0n) is 19.6. The summed E-state index contributed by atoms with van der Waals surface area (Å²) in [5, 5.41) is 12.8. The summed E-state index contributed by atoms with van der Waals surface area (Å²) in [5.74, 6) is 2.60. The summed E-state index contributed by atoms with van der Waals surface area (Å²) < 4.78 is 22.1. The second kappa shape index (κ2) is 10.6. The van der Waals surface area contributed by atoms with Gasteiger partial charge in [-0.05, 0) is 48.7 Å². The average molecular weight is 472 g/mol. The van der Waals surface area contributed by atoms with Gasteiger partial charge in [-0.15, -0.1) is 0 Å². The Kier molecular flexibility index (Phi) is 7.17.